The Balaban J connectivity index is 0.000000531. The minimum absolute atomic E-state index is 0.212. The number of carbonyl (C=O) groups excluding carboxylic acids is 2. The summed E-state index contributed by atoms with van der Waals surface area (Å²) in [5.74, 6) is -4.39. The highest BCUT2D eigenvalue weighted by Gasteiger charge is 2.43. The first-order valence-corrected chi connectivity index (χ1v) is 11.7. The highest BCUT2D eigenvalue weighted by Crippen LogP contribution is 2.47. The van der Waals surface area contributed by atoms with E-state index in [1.165, 1.54) is 12.3 Å². The first kappa shape index (κ1) is 27.2. The minimum Gasteiger partial charge on any atom is -0.473 e. The van der Waals surface area contributed by atoms with Gasteiger partial charge in [-0.3, -0.25) is 14.5 Å². The van der Waals surface area contributed by atoms with Crippen molar-refractivity contribution in [2.24, 2.45) is 0 Å². The topological polar surface area (TPSA) is 158 Å². The molecule has 3 aromatic rings. The normalized spacial score (nSPS) is 15.4. The molecule has 0 bridgehead atoms. The van der Waals surface area contributed by atoms with E-state index in [0.29, 0.717) is 27.7 Å². The van der Waals surface area contributed by atoms with Crippen LogP contribution in [0.2, 0.25) is 5.02 Å². The van der Waals surface area contributed by atoms with Crippen molar-refractivity contribution >= 4 is 46.7 Å². The van der Waals surface area contributed by atoms with Crippen molar-refractivity contribution in [1.82, 2.24) is 15.8 Å². The van der Waals surface area contributed by atoms with E-state index >= 15 is 0 Å². The summed E-state index contributed by atoms with van der Waals surface area (Å²) in [5, 5.41) is 18.1. The van der Waals surface area contributed by atoms with E-state index in [-0.39, 0.29) is 23.9 Å². The Morgan fingerprint density at radius 2 is 1.85 bits per heavy atom. The molecule has 0 aliphatic carbocycles. The fraction of sp³-hybridized carbons (Fsp3) is 0.115. The molecule has 4 N–H and O–H groups in total. The highest BCUT2D eigenvalue weighted by atomic mass is 35.5. The number of hydroxylamine groups is 1. The number of halogens is 2. The predicted molar refractivity (Wildman–Crippen MR) is 135 cm³/mol. The van der Waals surface area contributed by atoms with Gasteiger partial charge in [0.1, 0.15) is 11.8 Å². The molecule has 0 spiro atoms. The third-order valence-corrected chi connectivity index (χ3v) is 6.11. The second kappa shape index (κ2) is 11.3. The molecule has 0 saturated carbocycles. The largest absolute Gasteiger partial charge is 0.473 e. The molecule has 2 aliphatic heterocycles. The van der Waals surface area contributed by atoms with E-state index in [1.54, 1.807) is 24.0 Å². The molecule has 0 radical (unpaired) electrons. The van der Waals surface area contributed by atoms with Gasteiger partial charge in [0.2, 0.25) is 5.95 Å². The second-order valence-electron chi connectivity index (χ2n) is 8.27. The third-order valence-electron chi connectivity index (χ3n) is 5.79. The van der Waals surface area contributed by atoms with Gasteiger partial charge in [0.05, 0.1) is 16.8 Å². The van der Waals surface area contributed by atoms with Crippen LogP contribution in [0, 0.1) is 5.95 Å². The lowest BCUT2D eigenvalue weighted by Crippen LogP contribution is -2.37. The number of carboxylic acid groups (broad SMARTS) is 2. The van der Waals surface area contributed by atoms with Crippen LogP contribution in [0.1, 0.15) is 34.5 Å². The number of anilines is 2. The maximum Gasteiger partial charge on any atom is 0.414 e. The summed E-state index contributed by atoms with van der Waals surface area (Å²) in [6, 6.07) is 14.7. The number of fused-ring (bicyclic) bond motifs is 3. The molecule has 39 heavy (non-hydrogen) atoms. The Labute approximate surface area is 225 Å². The van der Waals surface area contributed by atoms with Crippen LogP contribution >= 0.6 is 11.6 Å². The van der Waals surface area contributed by atoms with Crippen LogP contribution in [0.5, 0.6) is 0 Å². The monoisotopic (exact) mass is 554 g/mol. The Morgan fingerprint density at radius 1 is 1.13 bits per heavy atom. The third kappa shape index (κ3) is 5.71. The number of amides is 2. The van der Waals surface area contributed by atoms with Crippen molar-refractivity contribution < 1.29 is 38.6 Å². The van der Waals surface area contributed by atoms with Crippen molar-refractivity contribution in [3.8, 4) is 0 Å². The summed E-state index contributed by atoms with van der Waals surface area (Å²) in [7, 11) is 0. The number of allylic oxidation sites excluding steroid dienone is 1. The first-order valence-electron chi connectivity index (χ1n) is 11.3. The van der Waals surface area contributed by atoms with Crippen LogP contribution in [-0.2, 0) is 25.8 Å². The molecular weight excluding hydrogens is 535 g/mol. The summed E-state index contributed by atoms with van der Waals surface area (Å²) in [4.78, 5) is 54.6. The van der Waals surface area contributed by atoms with Crippen LogP contribution in [0.25, 0.3) is 0 Å². The van der Waals surface area contributed by atoms with E-state index in [2.05, 4.69) is 15.8 Å². The Bertz CT molecular complexity index is 1500. The van der Waals surface area contributed by atoms with Gasteiger partial charge in [-0.2, -0.15) is 4.39 Å². The van der Waals surface area contributed by atoms with Gasteiger partial charge < -0.3 is 20.4 Å². The molecule has 1 atom stereocenters. The van der Waals surface area contributed by atoms with Crippen molar-refractivity contribution in [2.75, 3.05) is 4.90 Å². The van der Waals surface area contributed by atoms with E-state index in [9.17, 15) is 14.0 Å². The Hall–Kier alpha value is -4.81. The lowest BCUT2D eigenvalue weighted by atomic mass is 9.91. The molecule has 200 valence electrons. The smallest absolute Gasteiger partial charge is 0.414 e. The van der Waals surface area contributed by atoms with Gasteiger partial charge in [0.15, 0.2) is 0 Å². The number of nitrogens with one attached hydrogen (secondary N) is 2. The number of nitrogens with zero attached hydrogens (tertiary/aromatic N) is 2. The zero-order valence-electron chi connectivity index (χ0n) is 20.1. The van der Waals surface area contributed by atoms with Crippen LogP contribution < -0.4 is 15.7 Å². The summed E-state index contributed by atoms with van der Waals surface area (Å²) in [5.41, 5.74) is 6.46. The number of aliphatic carboxylic acids is 2. The Morgan fingerprint density at radius 3 is 2.51 bits per heavy atom. The summed E-state index contributed by atoms with van der Waals surface area (Å²) in [6.45, 7) is 1.94. The number of rotatable bonds is 4. The van der Waals surface area contributed by atoms with Crippen molar-refractivity contribution in [3.63, 3.8) is 0 Å². The van der Waals surface area contributed by atoms with Crippen molar-refractivity contribution in [1.29, 1.82) is 0 Å². The molecule has 1 aromatic heterocycles. The van der Waals surface area contributed by atoms with Gasteiger partial charge in [-0.05, 0) is 48.9 Å². The van der Waals surface area contributed by atoms with E-state index in [1.807, 2.05) is 30.3 Å². The molecule has 2 aromatic carbocycles. The number of pyridine rings is 1. The van der Waals surface area contributed by atoms with E-state index in [0.717, 1.165) is 17.2 Å². The molecule has 1 unspecified atom stereocenters. The molecule has 0 fully saturated rings. The van der Waals surface area contributed by atoms with Crippen LogP contribution in [0.4, 0.5) is 15.8 Å². The van der Waals surface area contributed by atoms with Crippen LogP contribution in [-0.4, -0.2) is 39.0 Å². The maximum atomic E-state index is 13.5. The number of hydrogen-bond donors (Lipinski definition) is 4. The van der Waals surface area contributed by atoms with E-state index in [4.69, 9.17) is 36.2 Å². The standard InChI is InChI=1S/C24H18ClFN4O3.C2H2O4/c1-13-20-22(29-33-13)21-17(25)6-3-7-18(21)30(24(20)32)16-5-2-4-14(10-16)11-28-23(31)15-8-9-19(26)27-12-15;3-1(4)2(5)6/h2-10,12,22,29H,11H2,1H3,(H,28,31);(H,3,4)(H,5,6). The fourth-order valence-corrected chi connectivity index (χ4v) is 4.31. The van der Waals surface area contributed by atoms with E-state index < -0.39 is 23.9 Å². The quantitative estimate of drug-likeness (QED) is 0.280. The summed E-state index contributed by atoms with van der Waals surface area (Å²) >= 11 is 6.51. The van der Waals surface area contributed by atoms with Gasteiger partial charge in [0.25, 0.3) is 11.8 Å². The van der Waals surface area contributed by atoms with Crippen molar-refractivity contribution in [2.45, 2.75) is 19.5 Å². The van der Waals surface area contributed by atoms with Crippen LogP contribution in [0.3, 0.4) is 0 Å². The first-order chi connectivity index (χ1) is 18.6. The average molecular weight is 555 g/mol. The summed E-state index contributed by atoms with van der Waals surface area (Å²) in [6.07, 6.45) is 1.18. The number of carbonyl (C=O) groups is 4. The molecule has 3 heterocycles. The predicted octanol–water partition coefficient (Wildman–Crippen LogP) is 3.49. The second-order valence-corrected chi connectivity index (χ2v) is 8.68. The van der Waals surface area contributed by atoms with Gasteiger partial charge >= 0.3 is 11.9 Å². The molecule has 5 rings (SSSR count). The minimum atomic E-state index is -1.82. The molecule has 2 amide bonds. The lowest BCUT2D eigenvalue weighted by molar-refractivity contribution is -0.159. The molecule has 13 heteroatoms. The zero-order chi connectivity index (χ0) is 28.3. The number of carboxylic acids is 2. The highest BCUT2D eigenvalue weighted by molar-refractivity contribution is 6.32. The maximum absolute atomic E-state index is 13.5. The summed E-state index contributed by atoms with van der Waals surface area (Å²) < 4.78 is 13.0. The number of hydrogen-bond acceptors (Lipinski definition) is 7. The van der Waals surface area contributed by atoms with Crippen molar-refractivity contribution in [3.05, 3.63) is 99.8 Å². The zero-order valence-corrected chi connectivity index (χ0v) is 20.9. The van der Waals surface area contributed by atoms with Crippen LogP contribution in [0.15, 0.2) is 72.1 Å². The molecule has 0 saturated heterocycles. The van der Waals surface area contributed by atoms with Gasteiger partial charge in [-0.25, -0.2) is 14.6 Å². The number of benzene rings is 2. The van der Waals surface area contributed by atoms with Gasteiger partial charge in [-0.1, -0.05) is 29.8 Å². The molecule has 2 aliphatic rings. The Kier molecular flexibility index (Phi) is 7.88. The number of aromatic nitrogens is 1. The molecule has 11 nitrogen and oxygen atoms in total. The molecular formula is C26H20ClFN4O7. The fourth-order valence-electron chi connectivity index (χ4n) is 4.03. The lowest BCUT2D eigenvalue weighted by Gasteiger charge is -2.33. The SMILES string of the molecule is CC1=C2C(=O)N(c3cccc(CNC(=O)c4ccc(F)nc4)c3)c3cccc(Cl)c3C2NO1.O=C(O)C(=O)O. The average Bonchev–Trinajstić information content (AvgIpc) is 3.30. The van der Waals surface area contributed by atoms with Gasteiger partial charge in [0, 0.05) is 29.0 Å². The van der Waals surface area contributed by atoms with Gasteiger partial charge in [-0.15, -0.1) is 5.48 Å².